The molecule has 2 aromatic carbocycles. The van der Waals surface area contributed by atoms with Gasteiger partial charge in [-0.15, -0.1) is 0 Å². The molecule has 8 heteroatoms. The Balaban J connectivity index is 1.39. The minimum absolute atomic E-state index is 0.0134. The zero-order valence-electron chi connectivity index (χ0n) is 19.3. The van der Waals surface area contributed by atoms with Crippen molar-refractivity contribution >= 4 is 23.4 Å². The maximum atomic E-state index is 13.1. The van der Waals surface area contributed by atoms with Gasteiger partial charge in [0.1, 0.15) is 12.6 Å². The molecule has 8 nitrogen and oxygen atoms in total. The van der Waals surface area contributed by atoms with Gasteiger partial charge in [0, 0.05) is 30.4 Å². The van der Waals surface area contributed by atoms with Crippen LogP contribution in [0.1, 0.15) is 24.5 Å². The first kappa shape index (κ1) is 21.7. The van der Waals surface area contributed by atoms with Gasteiger partial charge in [0.25, 0.3) is 5.91 Å². The topological polar surface area (TPSA) is 76.6 Å². The molecule has 33 heavy (non-hydrogen) atoms. The second kappa shape index (κ2) is 8.04. The third-order valence-corrected chi connectivity index (χ3v) is 7.47. The van der Waals surface area contributed by atoms with E-state index in [2.05, 4.69) is 30.8 Å². The second-order valence-electron chi connectivity index (χ2n) is 9.47. The lowest BCUT2D eigenvalue weighted by Gasteiger charge is -2.32. The monoisotopic (exact) mass is 450 g/mol. The Labute approximate surface area is 193 Å². The van der Waals surface area contributed by atoms with Crippen molar-refractivity contribution in [3.05, 3.63) is 59.7 Å². The van der Waals surface area contributed by atoms with Crippen molar-refractivity contribution in [2.45, 2.75) is 37.4 Å². The van der Waals surface area contributed by atoms with E-state index in [0.717, 1.165) is 29.8 Å². The van der Waals surface area contributed by atoms with Crippen LogP contribution in [0, 0.1) is 0 Å². The lowest BCUT2D eigenvalue weighted by molar-refractivity contribution is -0.161. The highest BCUT2D eigenvalue weighted by Gasteiger charge is 2.52. The number of benzene rings is 2. The molecule has 3 heterocycles. The van der Waals surface area contributed by atoms with E-state index in [1.807, 2.05) is 42.5 Å². The van der Waals surface area contributed by atoms with E-state index in [1.165, 1.54) is 9.96 Å². The zero-order chi connectivity index (χ0) is 23.3. The predicted octanol–water partition coefficient (Wildman–Crippen LogP) is 2.93. The van der Waals surface area contributed by atoms with Gasteiger partial charge in [0.15, 0.2) is 0 Å². The molecular formula is C25H30N4O4. The highest BCUT2D eigenvalue weighted by atomic mass is 16.7. The number of fused-ring (bicyclic) bond motifs is 3. The molecule has 0 aromatic heterocycles. The molecule has 0 aliphatic carbocycles. The lowest BCUT2D eigenvalue weighted by Crippen LogP contribution is -2.46. The summed E-state index contributed by atoms with van der Waals surface area (Å²) in [6.07, 6.45) is 0.732. The van der Waals surface area contributed by atoms with Gasteiger partial charge in [0.2, 0.25) is 0 Å². The highest BCUT2D eigenvalue weighted by Crippen LogP contribution is 2.51. The number of anilines is 2. The summed E-state index contributed by atoms with van der Waals surface area (Å²) in [7, 11) is 4.21. The van der Waals surface area contributed by atoms with Crippen LogP contribution in [0.3, 0.4) is 0 Å². The molecule has 3 aliphatic heterocycles. The molecule has 3 aliphatic rings. The summed E-state index contributed by atoms with van der Waals surface area (Å²) in [5.74, 6) is -0.323. The van der Waals surface area contributed by atoms with Crippen LogP contribution in [0.4, 0.5) is 16.2 Å². The van der Waals surface area contributed by atoms with Crippen LogP contribution in [0.25, 0.3) is 0 Å². The number of hydroxylamine groups is 2. The summed E-state index contributed by atoms with van der Waals surface area (Å²) in [5.41, 5.74) is 3.77. The fraction of sp³-hybridized carbons (Fsp3) is 0.440. The minimum atomic E-state index is -1.15. The quantitative estimate of drug-likeness (QED) is 0.755. The van der Waals surface area contributed by atoms with E-state index in [-0.39, 0.29) is 24.1 Å². The molecule has 3 atom stereocenters. The van der Waals surface area contributed by atoms with Crippen LogP contribution in [-0.4, -0.2) is 73.1 Å². The molecule has 0 unspecified atom stereocenters. The van der Waals surface area contributed by atoms with Crippen molar-refractivity contribution in [3.63, 3.8) is 0 Å². The van der Waals surface area contributed by atoms with Gasteiger partial charge in [-0.3, -0.25) is 19.4 Å². The number of likely N-dealkylation sites (N-methyl/N-ethyl adjacent to an activating group) is 2. The summed E-state index contributed by atoms with van der Waals surface area (Å²) in [6.45, 7) is 3.63. The SMILES string of the molecule is CN1CC[C@@]2(C)c3cc(N(C(=O)O)[C@@H]4CON(CCc5ccccc5)C4=O)ccc3N(C)[C@@H]12. The van der Waals surface area contributed by atoms with Gasteiger partial charge < -0.3 is 10.0 Å². The van der Waals surface area contributed by atoms with Crippen molar-refractivity contribution in [3.8, 4) is 0 Å². The normalized spacial score (nSPS) is 26.6. The number of nitrogens with zero attached hydrogens (tertiary/aromatic N) is 4. The van der Waals surface area contributed by atoms with Crippen LogP contribution < -0.4 is 9.80 Å². The van der Waals surface area contributed by atoms with E-state index in [0.29, 0.717) is 18.7 Å². The molecule has 2 aromatic rings. The first-order chi connectivity index (χ1) is 15.8. The molecule has 0 bridgehead atoms. The van der Waals surface area contributed by atoms with Gasteiger partial charge in [-0.25, -0.2) is 9.86 Å². The van der Waals surface area contributed by atoms with Gasteiger partial charge in [-0.2, -0.15) is 0 Å². The largest absolute Gasteiger partial charge is 0.465 e. The smallest absolute Gasteiger partial charge is 0.412 e. The average molecular weight is 451 g/mol. The van der Waals surface area contributed by atoms with E-state index in [4.69, 9.17) is 4.84 Å². The van der Waals surface area contributed by atoms with Gasteiger partial charge in [-0.05, 0) is 49.2 Å². The van der Waals surface area contributed by atoms with Crippen molar-refractivity contribution in [1.29, 1.82) is 0 Å². The first-order valence-electron chi connectivity index (χ1n) is 11.4. The number of carboxylic acid groups (broad SMARTS) is 1. The molecule has 0 saturated carbocycles. The summed E-state index contributed by atoms with van der Waals surface area (Å²) in [5, 5.41) is 11.4. The number of amides is 2. The zero-order valence-corrected chi connectivity index (χ0v) is 19.3. The molecule has 0 spiro atoms. The number of carbonyl (C=O) groups is 2. The Kier molecular flexibility index (Phi) is 5.29. The Morgan fingerprint density at radius 1 is 1.21 bits per heavy atom. The summed E-state index contributed by atoms with van der Waals surface area (Å²) in [6, 6.07) is 14.7. The Morgan fingerprint density at radius 2 is 1.97 bits per heavy atom. The van der Waals surface area contributed by atoms with E-state index in [1.54, 1.807) is 6.07 Å². The summed E-state index contributed by atoms with van der Waals surface area (Å²) < 4.78 is 0. The molecule has 5 rings (SSSR count). The molecular weight excluding hydrogens is 420 g/mol. The van der Waals surface area contributed by atoms with Crippen molar-refractivity contribution in [1.82, 2.24) is 9.96 Å². The standard InChI is InChI=1S/C25H30N4O4/c1-25-12-14-26(2)23(25)27(3)20-10-9-18(15-19(20)25)29(24(31)32)21-16-33-28(22(21)30)13-11-17-7-5-4-6-8-17/h4-10,15,21,23H,11-14,16H2,1-3H3,(H,31,32)/t21-,23-,25+/m1/s1. The molecule has 174 valence electrons. The maximum absolute atomic E-state index is 13.1. The van der Waals surface area contributed by atoms with E-state index in [9.17, 15) is 14.7 Å². The summed E-state index contributed by atoms with van der Waals surface area (Å²) in [4.78, 5) is 36.8. The molecule has 1 N–H and O–H groups in total. The highest BCUT2D eigenvalue weighted by molar-refractivity contribution is 5.97. The first-order valence-corrected chi connectivity index (χ1v) is 11.4. The van der Waals surface area contributed by atoms with E-state index >= 15 is 0 Å². The maximum Gasteiger partial charge on any atom is 0.412 e. The Morgan fingerprint density at radius 3 is 2.70 bits per heavy atom. The van der Waals surface area contributed by atoms with Gasteiger partial charge in [-0.1, -0.05) is 37.3 Å². The average Bonchev–Trinajstić information content (AvgIpc) is 3.39. The third-order valence-electron chi connectivity index (χ3n) is 7.47. The number of rotatable bonds is 5. The number of hydrogen-bond donors (Lipinski definition) is 1. The molecule has 2 amide bonds. The van der Waals surface area contributed by atoms with E-state index < -0.39 is 12.1 Å². The van der Waals surface area contributed by atoms with Gasteiger partial charge >= 0.3 is 6.09 Å². The Bertz CT molecular complexity index is 1080. The molecule has 2 saturated heterocycles. The molecule has 0 radical (unpaired) electrons. The number of carbonyl (C=O) groups excluding carboxylic acids is 1. The van der Waals surface area contributed by atoms with Crippen LogP contribution in [-0.2, 0) is 21.5 Å². The third kappa shape index (κ3) is 3.45. The fourth-order valence-electron chi connectivity index (χ4n) is 5.83. The van der Waals surface area contributed by atoms with Crippen molar-refractivity contribution in [2.24, 2.45) is 0 Å². The van der Waals surface area contributed by atoms with Crippen molar-refractivity contribution < 1.29 is 19.5 Å². The minimum Gasteiger partial charge on any atom is -0.465 e. The van der Waals surface area contributed by atoms with Crippen LogP contribution in [0.5, 0.6) is 0 Å². The summed E-state index contributed by atoms with van der Waals surface area (Å²) >= 11 is 0. The van der Waals surface area contributed by atoms with Crippen molar-refractivity contribution in [2.75, 3.05) is 43.6 Å². The molecule has 2 fully saturated rings. The Hall–Kier alpha value is -3.10. The fourth-order valence-corrected chi connectivity index (χ4v) is 5.83. The number of hydrogen-bond acceptors (Lipinski definition) is 5. The van der Waals surface area contributed by atoms with Crippen LogP contribution >= 0.6 is 0 Å². The second-order valence-corrected chi connectivity index (χ2v) is 9.47. The lowest BCUT2D eigenvalue weighted by atomic mass is 9.81. The van der Waals surface area contributed by atoms with Crippen LogP contribution in [0.15, 0.2) is 48.5 Å². The van der Waals surface area contributed by atoms with Crippen LogP contribution in [0.2, 0.25) is 0 Å². The van der Waals surface area contributed by atoms with Gasteiger partial charge in [0.05, 0.1) is 12.7 Å². The predicted molar refractivity (Wildman–Crippen MR) is 125 cm³/mol. The number of likely N-dealkylation sites (tertiary alicyclic amines) is 1.